The van der Waals surface area contributed by atoms with Crippen molar-refractivity contribution in [3.8, 4) is 0 Å². The first-order valence-corrected chi connectivity index (χ1v) is 6.11. The highest BCUT2D eigenvalue weighted by Gasteiger charge is 2.27. The summed E-state index contributed by atoms with van der Waals surface area (Å²) in [5.41, 5.74) is 11.2. The molecule has 1 fully saturated rings. The molecule has 1 saturated carbocycles. The maximum Gasteiger partial charge on any atom is 0.250 e. The Kier molecular flexibility index (Phi) is 3.41. The lowest BCUT2D eigenvalue weighted by atomic mass is 10.1. The first-order chi connectivity index (χ1) is 8.49. The molecule has 0 radical (unpaired) electrons. The molecule has 0 aromatic heterocycles. The number of nitrogens with one attached hydrogen (secondary N) is 1. The number of benzene rings is 1. The first kappa shape index (κ1) is 12.7. The molecule has 0 bridgehead atoms. The van der Waals surface area contributed by atoms with Crippen molar-refractivity contribution in [2.45, 2.75) is 19.8 Å². The maximum atomic E-state index is 13.7. The molecule has 4 nitrogen and oxygen atoms in total. The molecule has 0 saturated heterocycles. The van der Waals surface area contributed by atoms with Crippen molar-refractivity contribution >= 4 is 17.3 Å². The Balaban J connectivity index is 2.11. The molecule has 2 rings (SSSR count). The van der Waals surface area contributed by atoms with Gasteiger partial charge in [-0.25, -0.2) is 4.39 Å². The number of hydrogen-bond donors (Lipinski definition) is 3. The van der Waals surface area contributed by atoms with Gasteiger partial charge < -0.3 is 16.8 Å². The van der Waals surface area contributed by atoms with E-state index in [1.54, 1.807) is 0 Å². The van der Waals surface area contributed by atoms with Crippen LogP contribution in [0.4, 0.5) is 15.8 Å². The molecular weight excluding hydrogens is 233 g/mol. The van der Waals surface area contributed by atoms with Gasteiger partial charge in [-0.15, -0.1) is 0 Å². The molecule has 0 heterocycles. The van der Waals surface area contributed by atoms with Crippen molar-refractivity contribution in [2.75, 3.05) is 17.6 Å². The average molecular weight is 251 g/mol. The van der Waals surface area contributed by atoms with E-state index in [1.165, 1.54) is 18.9 Å². The van der Waals surface area contributed by atoms with E-state index in [2.05, 4.69) is 12.2 Å². The Morgan fingerprint density at radius 1 is 1.56 bits per heavy atom. The third-order valence-corrected chi connectivity index (χ3v) is 3.45. The highest BCUT2D eigenvalue weighted by atomic mass is 19.1. The summed E-state index contributed by atoms with van der Waals surface area (Å²) in [6.45, 7) is 2.82. The minimum absolute atomic E-state index is 0.0702. The fraction of sp³-hybridized carbons (Fsp3) is 0.462. The predicted molar refractivity (Wildman–Crippen MR) is 69.7 cm³/mol. The second kappa shape index (κ2) is 4.84. The van der Waals surface area contributed by atoms with Gasteiger partial charge in [0, 0.05) is 12.2 Å². The SMILES string of the molecule is CC(CNc1cc(C(N)=O)c(N)cc1F)C1CC1. The Morgan fingerprint density at radius 2 is 2.22 bits per heavy atom. The number of hydrogen-bond acceptors (Lipinski definition) is 3. The highest BCUT2D eigenvalue weighted by Crippen LogP contribution is 2.36. The normalized spacial score (nSPS) is 16.3. The minimum atomic E-state index is -0.647. The van der Waals surface area contributed by atoms with Gasteiger partial charge in [0.2, 0.25) is 0 Å². The van der Waals surface area contributed by atoms with Crippen molar-refractivity contribution in [3.63, 3.8) is 0 Å². The van der Waals surface area contributed by atoms with Crippen LogP contribution < -0.4 is 16.8 Å². The van der Waals surface area contributed by atoms with Crippen LogP contribution in [0.3, 0.4) is 0 Å². The number of halogens is 1. The van der Waals surface area contributed by atoms with Crippen LogP contribution in [0.15, 0.2) is 12.1 Å². The second-order valence-electron chi connectivity index (χ2n) is 4.98. The molecule has 5 heteroatoms. The van der Waals surface area contributed by atoms with E-state index >= 15 is 0 Å². The zero-order chi connectivity index (χ0) is 13.3. The number of carbonyl (C=O) groups excluding carboxylic acids is 1. The summed E-state index contributed by atoms with van der Waals surface area (Å²) in [6.07, 6.45) is 2.50. The van der Waals surface area contributed by atoms with E-state index in [0.717, 1.165) is 12.0 Å². The monoisotopic (exact) mass is 251 g/mol. The molecule has 1 aromatic carbocycles. The zero-order valence-corrected chi connectivity index (χ0v) is 10.4. The fourth-order valence-electron chi connectivity index (χ4n) is 2.04. The standard InChI is InChI=1S/C13H18FN3O/c1-7(8-2-3-8)6-17-12-4-9(13(16)18)11(15)5-10(12)14/h4-5,7-8,17H,2-3,6,15H2,1H3,(H2,16,18). The Morgan fingerprint density at radius 3 is 2.78 bits per heavy atom. The summed E-state index contributed by atoms with van der Waals surface area (Å²) in [4.78, 5) is 11.1. The van der Waals surface area contributed by atoms with Gasteiger partial charge in [-0.3, -0.25) is 4.79 Å². The van der Waals surface area contributed by atoms with Gasteiger partial charge in [-0.1, -0.05) is 6.92 Å². The summed E-state index contributed by atoms with van der Waals surface area (Å²) in [6, 6.07) is 2.51. The van der Waals surface area contributed by atoms with Gasteiger partial charge in [0.15, 0.2) is 0 Å². The van der Waals surface area contributed by atoms with Gasteiger partial charge in [-0.05, 0) is 36.8 Å². The third kappa shape index (κ3) is 2.72. The Bertz CT molecular complexity index is 472. The Labute approximate surface area is 106 Å². The molecule has 1 atom stereocenters. The van der Waals surface area contributed by atoms with Crippen LogP contribution in [0.2, 0.25) is 0 Å². The van der Waals surface area contributed by atoms with Crippen molar-refractivity contribution in [3.05, 3.63) is 23.5 Å². The molecule has 0 aliphatic heterocycles. The molecule has 98 valence electrons. The van der Waals surface area contributed by atoms with Crippen molar-refractivity contribution in [1.29, 1.82) is 0 Å². The van der Waals surface area contributed by atoms with E-state index in [4.69, 9.17) is 11.5 Å². The quantitative estimate of drug-likeness (QED) is 0.700. The summed E-state index contributed by atoms with van der Waals surface area (Å²) in [7, 11) is 0. The van der Waals surface area contributed by atoms with Gasteiger partial charge >= 0.3 is 0 Å². The number of primary amides is 1. The lowest BCUT2D eigenvalue weighted by Gasteiger charge is -2.14. The van der Waals surface area contributed by atoms with E-state index in [-0.39, 0.29) is 16.9 Å². The second-order valence-corrected chi connectivity index (χ2v) is 4.98. The van der Waals surface area contributed by atoms with Gasteiger partial charge in [0.05, 0.1) is 11.3 Å². The van der Waals surface area contributed by atoms with Crippen LogP contribution in [-0.4, -0.2) is 12.5 Å². The minimum Gasteiger partial charge on any atom is -0.398 e. The topological polar surface area (TPSA) is 81.1 Å². The van der Waals surface area contributed by atoms with E-state index in [1.807, 2.05) is 0 Å². The highest BCUT2D eigenvalue weighted by molar-refractivity contribution is 5.99. The average Bonchev–Trinajstić information content (AvgIpc) is 3.10. The van der Waals surface area contributed by atoms with Crippen LogP contribution in [0, 0.1) is 17.7 Å². The number of anilines is 2. The van der Waals surface area contributed by atoms with E-state index in [9.17, 15) is 9.18 Å². The smallest absolute Gasteiger partial charge is 0.250 e. The summed E-state index contributed by atoms with van der Waals surface area (Å²) < 4.78 is 13.7. The maximum absolute atomic E-state index is 13.7. The van der Waals surface area contributed by atoms with E-state index < -0.39 is 11.7 Å². The molecule has 0 spiro atoms. The molecule has 1 aliphatic rings. The van der Waals surface area contributed by atoms with Gasteiger partial charge in [0.25, 0.3) is 5.91 Å². The molecule has 1 aliphatic carbocycles. The largest absolute Gasteiger partial charge is 0.398 e. The van der Waals surface area contributed by atoms with Gasteiger partial charge in [0.1, 0.15) is 5.82 Å². The summed E-state index contributed by atoms with van der Waals surface area (Å²) in [5, 5.41) is 3.02. The predicted octanol–water partition coefficient (Wildman–Crippen LogP) is 1.96. The summed E-state index contributed by atoms with van der Waals surface area (Å²) in [5.74, 6) is 0.134. The van der Waals surface area contributed by atoms with Crippen LogP contribution >= 0.6 is 0 Å². The summed E-state index contributed by atoms with van der Waals surface area (Å²) >= 11 is 0. The molecule has 18 heavy (non-hydrogen) atoms. The molecular formula is C13H18FN3O. The third-order valence-electron chi connectivity index (χ3n) is 3.45. The molecule has 1 amide bonds. The molecule has 1 aromatic rings. The van der Waals surface area contributed by atoms with Crippen molar-refractivity contribution < 1.29 is 9.18 Å². The van der Waals surface area contributed by atoms with E-state index in [0.29, 0.717) is 12.5 Å². The number of amides is 1. The Hall–Kier alpha value is -1.78. The zero-order valence-electron chi connectivity index (χ0n) is 10.4. The molecule has 1 unspecified atom stereocenters. The first-order valence-electron chi connectivity index (χ1n) is 6.11. The number of nitrogens with two attached hydrogens (primary N) is 2. The lowest BCUT2D eigenvalue weighted by molar-refractivity contribution is 0.100. The number of carbonyl (C=O) groups is 1. The lowest BCUT2D eigenvalue weighted by Crippen LogP contribution is -2.17. The van der Waals surface area contributed by atoms with Crippen molar-refractivity contribution in [1.82, 2.24) is 0 Å². The van der Waals surface area contributed by atoms with Crippen LogP contribution in [0.25, 0.3) is 0 Å². The van der Waals surface area contributed by atoms with Crippen LogP contribution in [0.5, 0.6) is 0 Å². The fourth-order valence-corrected chi connectivity index (χ4v) is 2.04. The van der Waals surface area contributed by atoms with Gasteiger partial charge in [-0.2, -0.15) is 0 Å². The van der Waals surface area contributed by atoms with Crippen molar-refractivity contribution in [2.24, 2.45) is 17.6 Å². The van der Waals surface area contributed by atoms with Crippen LogP contribution in [0.1, 0.15) is 30.1 Å². The molecule has 5 N–H and O–H groups in total. The number of rotatable bonds is 5. The number of nitrogen functional groups attached to an aromatic ring is 1. The van der Waals surface area contributed by atoms with Crippen LogP contribution in [-0.2, 0) is 0 Å².